The summed E-state index contributed by atoms with van der Waals surface area (Å²) in [6, 6.07) is 1.03. The lowest BCUT2D eigenvalue weighted by molar-refractivity contribution is 0.177. The fourth-order valence-corrected chi connectivity index (χ4v) is 2.09. The number of likely N-dealkylation sites (N-methyl/N-ethyl adjacent to an activating group) is 2. The van der Waals surface area contributed by atoms with E-state index in [1.165, 1.54) is 13.0 Å². The van der Waals surface area contributed by atoms with Gasteiger partial charge in [0.25, 0.3) is 0 Å². The van der Waals surface area contributed by atoms with Crippen LogP contribution in [0.1, 0.15) is 40.0 Å². The zero-order chi connectivity index (χ0) is 12.6. The SMILES string of the molecule is CCC(N)CCCN(CC)C(C)CN(C)C. The van der Waals surface area contributed by atoms with Crippen molar-refractivity contribution in [3.05, 3.63) is 0 Å². The lowest BCUT2D eigenvalue weighted by Gasteiger charge is -2.30. The van der Waals surface area contributed by atoms with Gasteiger partial charge in [-0.15, -0.1) is 0 Å². The Kier molecular flexibility index (Phi) is 8.90. The van der Waals surface area contributed by atoms with Crippen LogP contribution in [0.15, 0.2) is 0 Å². The first-order valence-corrected chi connectivity index (χ1v) is 6.65. The fourth-order valence-electron chi connectivity index (χ4n) is 2.09. The molecule has 3 heteroatoms. The summed E-state index contributed by atoms with van der Waals surface area (Å²) in [5.74, 6) is 0. The molecule has 0 saturated heterocycles. The average molecular weight is 229 g/mol. The van der Waals surface area contributed by atoms with Crippen molar-refractivity contribution in [2.24, 2.45) is 5.73 Å². The third-order valence-corrected chi connectivity index (χ3v) is 3.20. The molecule has 3 nitrogen and oxygen atoms in total. The molecule has 0 rings (SSSR count). The third kappa shape index (κ3) is 7.20. The number of hydrogen-bond donors (Lipinski definition) is 1. The molecule has 0 aliphatic carbocycles. The van der Waals surface area contributed by atoms with E-state index in [-0.39, 0.29) is 0 Å². The Bertz CT molecular complexity index is 159. The molecule has 0 aromatic heterocycles. The lowest BCUT2D eigenvalue weighted by Crippen LogP contribution is -2.40. The Morgan fingerprint density at radius 1 is 1.19 bits per heavy atom. The topological polar surface area (TPSA) is 32.5 Å². The first-order chi connectivity index (χ1) is 7.51. The van der Waals surface area contributed by atoms with E-state index in [9.17, 15) is 0 Å². The van der Waals surface area contributed by atoms with E-state index < -0.39 is 0 Å². The molecule has 0 aromatic carbocycles. The molecule has 0 spiro atoms. The van der Waals surface area contributed by atoms with Gasteiger partial charge in [0.2, 0.25) is 0 Å². The maximum absolute atomic E-state index is 5.93. The van der Waals surface area contributed by atoms with Crippen molar-refractivity contribution in [2.75, 3.05) is 33.7 Å². The van der Waals surface area contributed by atoms with E-state index in [1.54, 1.807) is 0 Å². The molecule has 0 fully saturated rings. The van der Waals surface area contributed by atoms with Crippen LogP contribution in [0.4, 0.5) is 0 Å². The Balaban J connectivity index is 3.81. The second-order valence-electron chi connectivity index (χ2n) is 5.05. The summed E-state index contributed by atoms with van der Waals surface area (Å²) in [7, 11) is 4.27. The lowest BCUT2D eigenvalue weighted by atomic mass is 10.1. The minimum atomic E-state index is 0.392. The van der Waals surface area contributed by atoms with Crippen molar-refractivity contribution >= 4 is 0 Å². The van der Waals surface area contributed by atoms with Gasteiger partial charge in [-0.3, -0.25) is 4.90 Å². The number of nitrogens with two attached hydrogens (primary N) is 1. The summed E-state index contributed by atoms with van der Waals surface area (Å²) >= 11 is 0. The molecule has 0 bridgehead atoms. The van der Waals surface area contributed by atoms with Crippen LogP contribution >= 0.6 is 0 Å². The Morgan fingerprint density at radius 3 is 2.25 bits per heavy atom. The van der Waals surface area contributed by atoms with Crippen molar-refractivity contribution in [3.63, 3.8) is 0 Å². The summed E-state index contributed by atoms with van der Waals surface area (Å²) in [5, 5.41) is 0. The number of nitrogens with zero attached hydrogens (tertiary/aromatic N) is 2. The molecule has 0 radical (unpaired) electrons. The molecule has 98 valence electrons. The van der Waals surface area contributed by atoms with Crippen molar-refractivity contribution in [3.8, 4) is 0 Å². The molecule has 0 saturated carbocycles. The monoisotopic (exact) mass is 229 g/mol. The van der Waals surface area contributed by atoms with Gasteiger partial charge in [0, 0.05) is 18.6 Å². The molecule has 0 amide bonds. The van der Waals surface area contributed by atoms with Crippen LogP contribution in [0.5, 0.6) is 0 Å². The molecule has 2 N–H and O–H groups in total. The van der Waals surface area contributed by atoms with Gasteiger partial charge in [-0.25, -0.2) is 0 Å². The molecule has 0 aliphatic rings. The molecule has 0 aliphatic heterocycles. The van der Waals surface area contributed by atoms with Gasteiger partial charge in [-0.2, -0.15) is 0 Å². The summed E-state index contributed by atoms with van der Waals surface area (Å²) < 4.78 is 0. The predicted molar refractivity (Wildman–Crippen MR) is 72.8 cm³/mol. The smallest absolute Gasteiger partial charge is 0.0194 e. The van der Waals surface area contributed by atoms with Gasteiger partial charge in [0.05, 0.1) is 0 Å². The van der Waals surface area contributed by atoms with E-state index in [0.717, 1.165) is 25.9 Å². The first-order valence-electron chi connectivity index (χ1n) is 6.65. The summed E-state index contributed by atoms with van der Waals surface area (Å²) in [4.78, 5) is 4.80. The van der Waals surface area contributed by atoms with Gasteiger partial charge in [-0.05, 0) is 53.4 Å². The van der Waals surface area contributed by atoms with Crippen LogP contribution in [0, 0.1) is 0 Å². The van der Waals surface area contributed by atoms with Gasteiger partial charge in [0.1, 0.15) is 0 Å². The maximum atomic E-state index is 5.93. The predicted octanol–water partition coefficient (Wildman–Crippen LogP) is 1.78. The third-order valence-electron chi connectivity index (χ3n) is 3.20. The minimum absolute atomic E-state index is 0.392. The zero-order valence-electron chi connectivity index (χ0n) is 11.9. The molecular formula is C13H31N3. The van der Waals surface area contributed by atoms with Crippen LogP contribution in [-0.2, 0) is 0 Å². The van der Waals surface area contributed by atoms with Gasteiger partial charge >= 0.3 is 0 Å². The zero-order valence-corrected chi connectivity index (χ0v) is 11.9. The Labute approximate surface area is 102 Å². The van der Waals surface area contributed by atoms with Gasteiger partial charge < -0.3 is 10.6 Å². The molecule has 2 unspecified atom stereocenters. The van der Waals surface area contributed by atoms with E-state index >= 15 is 0 Å². The molecule has 2 atom stereocenters. The van der Waals surface area contributed by atoms with E-state index in [1.807, 2.05) is 0 Å². The second kappa shape index (κ2) is 8.97. The average Bonchev–Trinajstić information content (AvgIpc) is 2.22. The highest BCUT2D eigenvalue weighted by molar-refractivity contribution is 4.69. The van der Waals surface area contributed by atoms with Crippen LogP contribution in [0.3, 0.4) is 0 Å². The van der Waals surface area contributed by atoms with Crippen LogP contribution in [0.2, 0.25) is 0 Å². The molecule has 0 heterocycles. The second-order valence-corrected chi connectivity index (χ2v) is 5.05. The molecule has 16 heavy (non-hydrogen) atoms. The van der Waals surface area contributed by atoms with E-state index in [0.29, 0.717) is 12.1 Å². The maximum Gasteiger partial charge on any atom is 0.0194 e. The van der Waals surface area contributed by atoms with Gasteiger partial charge in [-0.1, -0.05) is 13.8 Å². The van der Waals surface area contributed by atoms with Crippen LogP contribution < -0.4 is 5.73 Å². The first kappa shape index (κ1) is 15.9. The van der Waals surface area contributed by atoms with E-state index in [4.69, 9.17) is 5.73 Å². The van der Waals surface area contributed by atoms with Crippen molar-refractivity contribution in [2.45, 2.75) is 52.1 Å². The Morgan fingerprint density at radius 2 is 1.81 bits per heavy atom. The highest BCUT2D eigenvalue weighted by atomic mass is 15.2. The van der Waals surface area contributed by atoms with Gasteiger partial charge in [0.15, 0.2) is 0 Å². The largest absolute Gasteiger partial charge is 0.328 e. The summed E-state index contributed by atoms with van der Waals surface area (Å²) in [6.07, 6.45) is 3.47. The van der Waals surface area contributed by atoms with Crippen molar-refractivity contribution in [1.29, 1.82) is 0 Å². The van der Waals surface area contributed by atoms with Crippen molar-refractivity contribution < 1.29 is 0 Å². The highest BCUT2D eigenvalue weighted by Gasteiger charge is 2.12. The van der Waals surface area contributed by atoms with Crippen LogP contribution in [-0.4, -0.2) is 55.6 Å². The summed E-state index contributed by atoms with van der Waals surface area (Å²) in [5.41, 5.74) is 5.93. The minimum Gasteiger partial charge on any atom is -0.328 e. The normalized spacial score (nSPS) is 15.8. The number of rotatable bonds is 9. The quantitative estimate of drug-likeness (QED) is 0.654. The Hall–Kier alpha value is -0.120. The molecular weight excluding hydrogens is 198 g/mol. The molecule has 0 aromatic rings. The fraction of sp³-hybridized carbons (Fsp3) is 1.00. The highest BCUT2D eigenvalue weighted by Crippen LogP contribution is 2.05. The van der Waals surface area contributed by atoms with E-state index in [2.05, 4.69) is 44.7 Å². The van der Waals surface area contributed by atoms with Crippen LogP contribution in [0.25, 0.3) is 0 Å². The summed E-state index contributed by atoms with van der Waals surface area (Å²) in [6.45, 7) is 10.2. The number of hydrogen-bond acceptors (Lipinski definition) is 3. The van der Waals surface area contributed by atoms with Crippen molar-refractivity contribution in [1.82, 2.24) is 9.80 Å². The standard InChI is InChI=1S/C13H31N3/c1-6-13(14)9-8-10-16(7-2)12(3)11-15(4)5/h12-13H,6-11,14H2,1-5H3.